The topological polar surface area (TPSA) is 115 Å². The lowest BCUT2D eigenvalue weighted by Crippen LogP contribution is -2.29. The lowest BCUT2D eigenvalue weighted by Gasteiger charge is -2.13. The SMILES string of the molecule is CCOc1ccc(N=C2S[C@@H](C(=O)Nc3cccc4ccccc34)C(N)=C2C(=O)Nc2cccc(OC)c2)cc1. The highest BCUT2D eigenvalue weighted by Crippen LogP contribution is 2.37. The maximum atomic E-state index is 13.5. The van der Waals surface area contributed by atoms with E-state index in [1.54, 1.807) is 55.6 Å². The minimum absolute atomic E-state index is 0.132. The van der Waals surface area contributed by atoms with Gasteiger partial charge in [0.2, 0.25) is 5.91 Å². The summed E-state index contributed by atoms with van der Waals surface area (Å²) >= 11 is 1.14. The molecule has 5 rings (SSSR count). The molecule has 202 valence electrons. The second-order valence-electron chi connectivity index (χ2n) is 8.87. The third-order valence-electron chi connectivity index (χ3n) is 6.23. The molecule has 4 aromatic carbocycles. The molecule has 1 atom stereocenters. The standard InChI is InChI=1S/C31H28N4O4S/c1-3-39-22-16-14-20(15-17-22)34-31-26(29(36)33-21-10-7-11-23(18-21)38-2)27(32)28(40-31)30(37)35-25-13-6-9-19-8-4-5-12-24(19)25/h4-18,28H,3,32H2,1-2H3,(H,33,36)(H,35,37)/t28-/m1/s1. The predicted octanol–water partition coefficient (Wildman–Crippen LogP) is 5.88. The summed E-state index contributed by atoms with van der Waals surface area (Å²) in [5.74, 6) is 0.492. The van der Waals surface area contributed by atoms with Crippen LogP contribution in [0.4, 0.5) is 17.1 Å². The zero-order chi connectivity index (χ0) is 28.1. The van der Waals surface area contributed by atoms with E-state index in [4.69, 9.17) is 20.2 Å². The van der Waals surface area contributed by atoms with Crippen molar-refractivity contribution in [3.8, 4) is 11.5 Å². The van der Waals surface area contributed by atoms with Crippen molar-refractivity contribution in [2.45, 2.75) is 12.2 Å². The number of nitrogens with zero attached hydrogens (tertiary/aromatic N) is 1. The molecule has 9 heteroatoms. The van der Waals surface area contributed by atoms with Gasteiger partial charge in [-0.3, -0.25) is 9.59 Å². The van der Waals surface area contributed by atoms with Crippen molar-refractivity contribution in [3.63, 3.8) is 0 Å². The van der Waals surface area contributed by atoms with Crippen LogP contribution in [0.1, 0.15) is 6.92 Å². The highest BCUT2D eigenvalue weighted by molar-refractivity contribution is 8.16. The van der Waals surface area contributed by atoms with Crippen LogP contribution < -0.4 is 25.8 Å². The number of anilines is 2. The van der Waals surface area contributed by atoms with Crippen molar-refractivity contribution in [1.29, 1.82) is 0 Å². The van der Waals surface area contributed by atoms with Gasteiger partial charge in [-0.25, -0.2) is 4.99 Å². The number of benzene rings is 4. The van der Waals surface area contributed by atoms with Crippen LogP contribution >= 0.6 is 11.8 Å². The maximum Gasteiger partial charge on any atom is 0.260 e. The Morgan fingerprint density at radius 3 is 2.45 bits per heavy atom. The first kappa shape index (κ1) is 26.8. The molecule has 0 spiro atoms. The van der Waals surface area contributed by atoms with E-state index in [9.17, 15) is 9.59 Å². The number of fused-ring (bicyclic) bond motifs is 1. The summed E-state index contributed by atoms with van der Waals surface area (Å²) in [6.45, 7) is 2.46. The Balaban J connectivity index is 1.47. The van der Waals surface area contributed by atoms with Gasteiger partial charge in [0.25, 0.3) is 5.91 Å². The monoisotopic (exact) mass is 552 g/mol. The molecular weight excluding hydrogens is 524 g/mol. The smallest absolute Gasteiger partial charge is 0.260 e. The molecular formula is C31H28N4O4S. The number of carbonyl (C=O) groups excluding carboxylic acids is 2. The van der Waals surface area contributed by atoms with Crippen molar-refractivity contribution in [2.24, 2.45) is 10.7 Å². The van der Waals surface area contributed by atoms with Crippen LogP contribution in [0, 0.1) is 0 Å². The lowest BCUT2D eigenvalue weighted by molar-refractivity contribution is -0.115. The van der Waals surface area contributed by atoms with Crippen LogP contribution in [-0.4, -0.2) is 35.8 Å². The van der Waals surface area contributed by atoms with Crippen molar-refractivity contribution >= 4 is 56.5 Å². The molecule has 40 heavy (non-hydrogen) atoms. The largest absolute Gasteiger partial charge is 0.497 e. The van der Waals surface area contributed by atoms with Crippen molar-refractivity contribution in [1.82, 2.24) is 0 Å². The number of carbonyl (C=O) groups is 2. The van der Waals surface area contributed by atoms with Crippen LogP contribution in [-0.2, 0) is 9.59 Å². The van der Waals surface area contributed by atoms with Crippen LogP contribution in [0.5, 0.6) is 11.5 Å². The Morgan fingerprint density at radius 2 is 1.68 bits per heavy atom. The molecule has 0 unspecified atom stereocenters. The molecule has 0 saturated carbocycles. The Bertz CT molecular complexity index is 1630. The summed E-state index contributed by atoms with van der Waals surface area (Å²) in [7, 11) is 1.55. The first-order valence-corrected chi connectivity index (χ1v) is 13.6. The fourth-order valence-corrected chi connectivity index (χ4v) is 5.44. The maximum absolute atomic E-state index is 13.5. The number of nitrogens with one attached hydrogen (secondary N) is 2. The van der Waals surface area contributed by atoms with E-state index in [1.807, 2.05) is 49.4 Å². The number of hydrogen-bond donors (Lipinski definition) is 3. The van der Waals surface area contributed by atoms with Gasteiger partial charge < -0.3 is 25.8 Å². The molecule has 4 N–H and O–H groups in total. The third kappa shape index (κ3) is 5.79. The van der Waals surface area contributed by atoms with Gasteiger partial charge in [-0.05, 0) is 54.8 Å². The fourth-order valence-electron chi connectivity index (χ4n) is 4.32. The second kappa shape index (κ2) is 12.0. The Hall–Kier alpha value is -4.76. The van der Waals surface area contributed by atoms with E-state index >= 15 is 0 Å². The van der Waals surface area contributed by atoms with Crippen LogP contribution in [0.2, 0.25) is 0 Å². The first-order chi connectivity index (χ1) is 19.5. The van der Waals surface area contributed by atoms with E-state index in [2.05, 4.69) is 10.6 Å². The number of amides is 2. The molecule has 0 fully saturated rings. The van der Waals surface area contributed by atoms with Gasteiger partial charge in [0.05, 0.1) is 25.0 Å². The minimum Gasteiger partial charge on any atom is -0.497 e. The number of rotatable bonds is 8. The van der Waals surface area contributed by atoms with Gasteiger partial charge in [-0.2, -0.15) is 0 Å². The minimum atomic E-state index is -0.855. The summed E-state index contributed by atoms with van der Waals surface area (Å²) in [4.78, 5) is 31.8. The molecule has 1 aliphatic heterocycles. The third-order valence-corrected chi connectivity index (χ3v) is 7.46. The molecule has 8 nitrogen and oxygen atoms in total. The number of ether oxygens (including phenoxy) is 2. The Labute approximate surface area is 236 Å². The number of nitrogens with two attached hydrogens (primary N) is 1. The second-order valence-corrected chi connectivity index (χ2v) is 9.97. The lowest BCUT2D eigenvalue weighted by atomic mass is 10.1. The van der Waals surface area contributed by atoms with Crippen molar-refractivity contribution in [2.75, 3.05) is 24.4 Å². The summed E-state index contributed by atoms with van der Waals surface area (Å²) in [6, 6.07) is 27.6. The van der Waals surface area contributed by atoms with Gasteiger partial charge in [0.15, 0.2) is 0 Å². The van der Waals surface area contributed by atoms with E-state index < -0.39 is 11.2 Å². The Kier molecular flexibility index (Phi) is 8.02. The normalized spacial score (nSPS) is 15.8. The summed E-state index contributed by atoms with van der Waals surface area (Å²) in [6.07, 6.45) is 0. The van der Waals surface area contributed by atoms with Gasteiger partial charge in [-0.1, -0.05) is 54.2 Å². The van der Waals surface area contributed by atoms with Gasteiger partial charge in [0, 0.05) is 28.5 Å². The quantitative estimate of drug-likeness (QED) is 0.251. The molecule has 0 radical (unpaired) electrons. The van der Waals surface area contributed by atoms with Gasteiger partial charge >= 0.3 is 0 Å². The molecule has 2 amide bonds. The molecule has 1 aliphatic rings. The Morgan fingerprint density at radius 1 is 0.925 bits per heavy atom. The van der Waals surface area contributed by atoms with E-state index in [0.717, 1.165) is 22.5 Å². The molecule has 0 saturated heterocycles. The van der Waals surface area contributed by atoms with E-state index in [-0.39, 0.29) is 17.2 Å². The number of thioether (sulfide) groups is 1. The molecule has 0 aromatic heterocycles. The average molecular weight is 553 g/mol. The van der Waals surface area contributed by atoms with Gasteiger partial charge in [-0.15, -0.1) is 0 Å². The fraction of sp³-hybridized carbons (Fsp3) is 0.129. The number of hydrogen-bond acceptors (Lipinski definition) is 7. The summed E-state index contributed by atoms with van der Waals surface area (Å²) in [5, 5.41) is 7.25. The van der Waals surface area contributed by atoms with Crippen LogP contribution in [0.3, 0.4) is 0 Å². The summed E-state index contributed by atoms with van der Waals surface area (Å²) in [5.41, 5.74) is 8.59. The predicted molar refractivity (Wildman–Crippen MR) is 161 cm³/mol. The van der Waals surface area contributed by atoms with Crippen molar-refractivity contribution < 1.29 is 19.1 Å². The zero-order valence-electron chi connectivity index (χ0n) is 22.0. The van der Waals surface area contributed by atoms with Crippen LogP contribution in [0.15, 0.2) is 107 Å². The van der Waals surface area contributed by atoms with Crippen LogP contribution in [0.25, 0.3) is 10.8 Å². The first-order valence-electron chi connectivity index (χ1n) is 12.7. The highest BCUT2D eigenvalue weighted by Gasteiger charge is 2.38. The molecule has 4 aromatic rings. The van der Waals surface area contributed by atoms with Crippen molar-refractivity contribution in [3.05, 3.63) is 102 Å². The number of aliphatic imine (C=N–C) groups is 1. The highest BCUT2D eigenvalue weighted by atomic mass is 32.2. The average Bonchev–Trinajstić information content (AvgIpc) is 3.30. The van der Waals surface area contributed by atoms with Gasteiger partial charge in [0.1, 0.15) is 21.8 Å². The molecule has 0 bridgehead atoms. The molecule has 0 aliphatic carbocycles. The summed E-state index contributed by atoms with van der Waals surface area (Å²) < 4.78 is 10.8. The van der Waals surface area contributed by atoms with E-state index in [1.165, 1.54) is 0 Å². The molecule has 1 heterocycles. The zero-order valence-corrected chi connectivity index (χ0v) is 22.8. The van der Waals surface area contributed by atoms with E-state index in [0.29, 0.717) is 40.2 Å². The number of methoxy groups -OCH3 is 1.